The highest BCUT2D eigenvalue weighted by atomic mass is 32.2. The van der Waals surface area contributed by atoms with Gasteiger partial charge in [0.2, 0.25) is 0 Å². The minimum atomic E-state index is 0.319. The molecule has 0 amide bonds. The Morgan fingerprint density at radius 2 is 2.28 bits per heavy atom. The average molecular weight is 266 g/mol. The Kier molecular flexibility index (Phi) is 5.04. The second-order valence-electron chi connectivity index (χ2n) is 3.97. The number of rotatable bonds is 7. The van der Waals surface area contributed by atoms with E-state index in [9.17, 15) is 0 Å². The van der Waals surface area contributed by atoms with E-state index in [1.54, 1.807) is 18.9 Å². The molecular formula is C13H18N2O2S. The molecule has 0 fully saturated rings. The lowest BCUT2D eigenvalue weighted by Gasteiger charge is -2.14. The fourth-order valence-corrected chi connectivity index (χ4v) is 2.61. The average Bonchev–Trinajstić information content (AvgIpc) is 2.79. The second-order valence-corrected chi connectivity index (χ2v) is 4.94. The van der Waals surface area contributed by atoms with Crippen LogP contribution < -0.4 is 5.32 Å². The number of nitrogens with zero attached hydrogens (tertiary/aromatic N) is 1. The summed E-state index contributed by atoms with van der Waals surface area (Å²) in [6.45, 7) is 3.72. The van der Waals surface area contributed by atoms with Gasteiger partial charge in [-0.15, -0.1) is 0 Å². The van der Waals surface area contributed by atoms with E-state index in [4.69, 9.17) is 9.15 Å². The van der Waals surface area contributed by atoms with Crippen LogP contribution in [0, 0.1) is 0 Å². The molecule has 0 bridgehead atoms. The van der Waals surface area contributed by atoms with Crippen molar-refractivity contribution in [3.05, 3.63) is 24.3 Å². The standard InChI is InChI=1S/C13H18N2O2S/c1-3-14-10(8-16-2)9-18-13-15-11-6-4-5-7-12(11)17-13/h4-7,10,14H,3,8-9H2,1-2H3. The molecule has 2 aromatic rings. The Morgan fingerprint density at radius 1 is 1.44 bits per heavy atom. The van der Waals surface area contributed by atoms with Crippen LogP contribution in [-0.2, 0) is 4.74 Å². The Balaban J connectivity index is 1.95. The summed E-state index contributed by atoms with van der Waals surface area (Å²) in [6, 6.07) is 8.13. The first-order chi connectivity index (χ1) is 8.83. The van der Waals surface area contributed by atoms with Gasteiger partial charge in [-0.3, -0.25) is 0 Å². The zero-order chi connectivity index (χ0) is 12.8. The number of fused-ring (bicyclic) bond motifs is 1. The SMILES string of the molecule is CCNC(COC)CSc1nc2ccccc2o1. The van der Waals surface area contributed by atoms with Crippen molar-refractivity contribution in [1.29, 1.82) is 0 Å². The van der Waals surface area contributed by atoms with E-state index in [2.05, 4.69) is 17.2 Å². The molecule has 1 atom stereocenters. The molecule has 0 aliphatic rings. The molecule has 0 radical (unpaired) electrons. The molecule has 4 nitrogen and oxygen atoms in total. The van der Waals surface area contributed by atoms with Gasteiger partial charge >= 0.3 is 0 Å². The van der Waals surface area contributed by atoms with Crippen molar-refractivity contribution in [3.8, 4) is 0 Å². The van der Waals surface area contributed by atoms with Crippen LogP contribution in [0.2, 0.25) is 0 Å². The fraction of sp³-hybridized carbons (Fsp3) is 0.462. The normalized spacial score (nSPS) is 13.0. The monoisotopic (exact) mass is 266 g/mol. The van der Waals surface area contributed by atoms with E-state index in [0.717, 1.165) is 28.6 Å². The van der Waals surface area contributed by atoms with Gasteiger partial charge in [-0.1, -0.05) is 30.8 Å². The zero-order valence-corrected chi connectivity index (χ0v) is 11.5. The summed E-state index contributed by atoms with van der Waals surface area (Å²) >= 11 is 1.61. The highest BCUT2D eigenvalue weighted by molar-refractivity contribution is 7.99. The maximum atomic E-state index is 5.66. The van der Waals surface area contributed by atoms with Gasteiger partial charge in [0.25, 0.3) is 5.22 Å². The molecule has 0 aliphatic carbocycles. The molecule has 1 N–H and O–H groups in total. The predicted molar refractivity (Wildman–Crippen MR) is 74.1 cm³/mol. The minimum Gasteiger partial charge on any atom is -0.431 e. The van der Waals surface area contributed by atoms with E-state index >= 15 is 0 Å². The topological polar surface area (TPSA) is 47.3 Å². The van der Waals surface area contributed by atoms with Crippen molar-refractivity contribution >= 4 is 22.9 Å². The number of hydrogen-bond acceptors (Lipinski definition) is 5. The molecule has 0 saturated carbocycles. The maximum Gasteiger partial charge on any atom is 0.256 e. The Bertz CT molecular complexity index is 448. The smallest absolute Gasteiger partial charge is 0.256 e. The van der Waals surface area contributed by atoms with Crippen LogP contribution in [0.5, 0.6) is 0 Å². The third-order valence-corrected chi connectivity index (χ3v) is 3.53. The first kappa shape index (κ1) is 13.4. The second kappa shape index (κ2) is 6.78. The number of likely N-dealkylation sites (N-methyl/N-ethyl adjacent to an activating group) is 1. The third-order valence-electron chi connectivity index (χ3n) is 2.54. The van der Waals surface area contributed by atoms with Gasteiger partial charge < -0.3 is 14.5 Å². The van der Waals surface area contributed by atoms with Crippen molar-refractivity contribution in [2.24, 2.45) is 0 Å². The van der Waals surface area contributed by atoms with E-state index in [1.807, 2.05) is 24.3 Å². The molecule has 0 spiro atoms. The van der Waals surface area contributed by atoms with Crippen LogP contribution in [-0.4, -0.2) is 37.0 Å². The van der Waals surface area contributed by atoms with Crippen LogP contribution in [0.15, 0.2) is 33.9 Å². The van der Waals surface area contributed by atoms with Crippen molar-refractivity contribution in [1.82, 2.24) is 10.3 Å². The number of ether oxygens (including phenoxy) is 1. The number of aromatic nitrogens is 1. The van der Waals surface area contributed by atoms with Crippen molar-refractivity contribution < 1.29 is 9.15 Å². The van der Waals surface area contributed by atoms with Gasteiger partial charge in [-0.05, 0) is 18.7 Å². The van der Waals surface area contributed by atoms with Crippen molar-refractivity contribution in [2.75, 3.05) is 26.0 Å². The summed E-state index contributed by atoms with van der Waals surface area (Å²) in [7, 11) is 1.72. The van der Waals surface area contributed by atoms with Gasteiger partial charge in [0, 0.05) is 18.9 Å². The van der Waals surface area contributed by atoms with E-state index < -0.39 is 0 Å². The molecule has 2 rings (SSSR count). The molecule has 0 aliphatic heterocycles. The number of nitrogens with one attached hydrogen (secondary N) is 1. The van der Waals surface area contributed by atoms with E-state index in [-0.39, 0.29) is 0 Å². The molecule has 18 heavy (non-hydrogen) atoms. The summed E-state index contributed by atoms with van der Waals surface area (Å²) < 4.78 is 10.8. The van der Waals surface area contributed by atoms with Crippen LogP contribution in [0.3, 0.4) is 0 Å². The zero-order valence-electron chi connectivity index (χ0n) is 10.7. The summed E-state index contributed by atoms with van der Waals surface area (Å²) in [5.41, 5.74) is 1.75. The van der Waals surface area contributed by atoms with Gasteiger partial charge in [0.15, 0.2) is 5.58 Å². The number of hydrogen-bond donors (Lipinski definition) is 1. The van der Waals surface area contributed by atoms with Crippen LogP contribution in [0.4, 0.5) is 0 Å². The predicted octanol–water partition coefficient (Wildman–Crippen LogP) is 2.54. The van der Waals surface area contributed by atoms with Crippen LogP contribution in [0.25, 0.3) is 11.1 Å². The number of para-hydroxylation sites is 2. The first-order valence-electron chi connectivity index (χ1n) is 6.04. The number of thioether (sulfide) groups is 1. The van der Waals surface area contributed by atoms with Crippen molar-refractivity contribution in [3.63, 3.8) is 0 Å². The lowest BCUT2D eigenvalue weighted by molar-refractivity contribution is 0.174. The molecule has 1 aromatic heterocycles. The Morgan fingerprint density at radius 3 is 3.00 bits per heavy atom. The molecule has 5 heteroatoms. The summed E-state index contributed by atoms with van der Waals surface area (Å²) in [5.74, 6) is 0.883. The molecule has 1 unspecified atom stereocenters. The van der Waals surface area contributed by atoms with Crippen LogP contribution in [0.1, 0.15) is 6.92 Å². The van der Waals surface area contributed by atoms with Crippen molar-refractivity contribution in [2.45, 2.75) is 18.2 Å². The summed E-state index contributed by atoms with van der Waals surface area (Å²) in [5, 5.41) is 4.09. The molecular weight excluding hydrogens is 248 g/mol. The van der Waals surface area contributed by atoms with E-state index in [0.29, 0.717) is 12.6 Å². The number of oxazole rings is 1. The highest BCUT2D eigenvalue weighted by Crippen LogP contribution is 2.23. The number of methoxy groups -OCH3 is 1. The van der Waals surface area contributed by atoms with Gasteiger partial charge in [-0.2, -0.15) is 0 Å². The third kappa shape index (κ3) is 3.48. The largest absolute Gasteiger partial charge is 0.431 e. The fourth-order valence-electron chi connectivity index (χ4n) is 1.74. The lowest BCUT2D eigenvalue weighted by atomic mass is 10.3. The molecule has 1 aromatic carbocycles. The summed E-state index contributed by atoms with van der Waals surface area (Å²) in [4.78, 5) is 4.43. The molecule has 1 heterocycles. The van der Waals surface area contributed by atoms with Gasteiger partial charge in [0.05, 0.1) is 6.61 Å². The Labute approximate surface area is 111 Å². The van der Waals surface area contributed by atoms with Gasteiger partial charge in [-0.25, -0.2) is 4.98 Å². The lowest BCUT2D eigenvalue weighted by Crippen LogP contribution is -2.35. The quantitative estimate of drug-likeness (QED) is 0.780. The molecule has 0 saturated heterocycles. The van der Waals surface area contributed by atoms with Crippen LogP contribution >= 0.6 is 11.8 Å². The first-order valence-corrected chi connectivity index (χ1v) is 7.02. The summed E-state index contributed by atoms with van der Waals surface area (Å²) in [6.07, 6.45) is 0. The molecule has 98 valence electrons. The Hall–Kier alpha value is -1.04. The minimum absolute atomic E-state index is 0.319. The number of benzene rings is 1. The van der Waals surface area contributed by atoms with E-state index in [1.165, 1.54) is 0 Å². The maximum absolute atomic E-state index is 5.66. The highest BCUT2D eigenvalue weighted by Gasteiger charge is 2.11. The van der Waals surface area contributed by atoms with Gasteiger partial charge in [0.1, 0.15) is 5.52 Å².